The molecule has 1 heterocycles. The quantitative estimate of drug-likeness (QED) is 0.742. The van der Waals surface area contributed by atoms with E-state index in [2.05, 4.69) is 5.32 Å². The van der Waals surface area contributed by atoms with Gasteiger partial charge in [-0.05, 0) is 45.4 Å². The topological polar surface area (TPSA) is 73.6 Å². The maximum atomic E-state index is 12.1. The monoisotopic (exact) mass is 306 g/mol. The van der Waals surface area contributed by atoms with Crippen molar-refractivity contribution in [1.82, 2.24) is 5.32 Å². The minimum atomic E-state index is -0.450. The molecular formula is C14H27ClN2O3. The minimum Gasteiger partial charge on any atom is -0.376 e. The number of halogens is 1. The fourth-order valence-electron chi connectivity index (χ4n) is 2.53. The minimum absolute atomic E-state index is 0. The molecule has 1 amide bonds. The predicted molar refractivity (Wildman–Crippen MR) is 80.0 cm³/mol. The zero-order valence-corrected chi connectivity index (χ0v) is 13.2. The first-order valence-corrected chi connectivity index (χ1v) is 7.30. The molecule has 2 aliphatic rings. The summed E-state index contributed by atoms with van der Waals surface area (Å²) in [4.78, 5) is 12.1. The molecule has 3 atom stereocenters. The van der Waals surface area contributed by atoms with Gasteiger partial charge < -0.3 is 20.5 Å². The summed E-state index contributed by atoms with van der Waals surface area (Å²) in [6.45, 7) is 5.59. The number of carbonyl (C=O) groups excluding carboxylic acids is 1. The molecule has 0 radical (unpaired) electrons. The molecule has 1 aliphatic carbocycles. The van der Waals surface area contributed by atoms with E-state index < -0.39 is 6.10 Å². The fraction of sp³-hybridized carbons (Fsp3) is 0.929. The molecule has 1 saturated carbocycles. The Morgan fingerprint density at radius 1 is 1.50 bits per heavy atom. The summed E-state index contributed by atoms with van der Waals surface area (Å²) in [5.74, 6) is 0.449. The normalized spacial score (nSPS) is 26.4. The third kappa shape index (κ3) is 4.58. The van der Waals surface area contributed by atoms with Crippen molar-refractivity contribution in [3.05, 3.63) is 0 Å². The summed E-state index contributed by atoms with van der Waals surface area (Å²) < 4.78 is 11.1. The van der Waals surface area contributed by atoms with Crippen molar-refractivity contribution in [2.45, 2.75) is 57.3 Å². The molecule has 20 heavy (non-hydrogen) atoms. The van der Waals surface area contributed by atoms with Gasteiger partial charge in [-0.1, -0.05) is 0 Å². The van der Waals surface area contributed by atoms with Crippen LogP contribution in [0.2, 0.25) is 0 Å². The molecule has 6 heteroatoms. The number of ether oxygens (including phenoxy) is 2. The molecule has 3 N–H and O–H groups in total. The lowest BCUT2D eigenvalue weighted by molar-refractivity contribution is -0.135. The molecule has 1 aliphatic heterocycles. The second-order valence-electron chi connectivity index (χ2n) is 6.00. The van der Waals surface area contributed by atoms with Gasteiger partial charge in [0, 0.05) is 13.2 Å². The van der Waals surface area contributed by atoms with E-state index in [0.717, 1.165) is 32.3 Å². The SMILES string of the molecule is CC(OCC1CCCO1)C(=O)NC(C)(CN)C1CC1.Cl. The molecule has 0 bridgehead atoms. The van der Waals surface area contributed by atoms with Crippen LogP contribution in [0, 0.1) is 5.92 Å². The van der Waals surface area contributed by atoms with E-state index in [9.17, 15) is 4.79 Å². The standard InChI is InChI=1S/C14H26N2O3.ClH/c1-10(19-8-12-4-3-7-18-12)13(17)16-14(2,9-15)11-5-6-11;/h10-12H,3-9,15H2,1-2H3,(H,16,17);1H. The Kier molecular flexibility index (Phi) is 6.72. The average Bonchev–Trinajstić information content (AvgIpc) is 3.14. The highest BCUT2D eigenvalue weighted by Crippen LogP contribution is 2.39. The molecular weight excluding hydrogens is 280 g/mol. The lowest BCUT2D eigenvalue weighted by Crippen LogP contribution is -2.55. The fourth-order valence-corrected chi connectivity index (χ4v) is 2.53. The molecule has 0 aromatic rings. The summed E-state index contributed by atoms with van der Waals surface area (Å²) in [7, 11) is 0. The number of nitrogens with two attached hydrogens (primary N) is 1. The highest BCUT2D eigenvalue weighted by molar-refractivity contribution is 5.85. The van der Waals surface area contributed by atoms with Crippen LogP contribution in [0.3, 0.4) is 0 Å². The summed E-state index contributed by atoms with van der Waals surface area (Å²) >= 11 is 0. The second-order valence-corrected chi connectivity index (χ2v) is 6.00. The Bertz CT molecular complexity index is 320. The third-order valence-corrected chi connectivity index (χ3v) is 4.24. The number of carbonyl (C=O) groups is 1. The highest BCUT2D eigenvalue weighted by Gasteiger charge is 2.42. The van der Waals surface area contributed by atoms with Gasteiger partial charge in [0.25, 0.3) is 0 Å². The summed E-state index contributed by atoms with van der Waals surface area (Å²) in [6, 6.07) is 0. The largest absolute Gasteiger partial charge is 0.376 e. The zero-order valence-electron chi connectivity index (χ0n) is 12.4. The lowest BCUT2D eigenvalue weighted by Gasteiger charge is -2.31. The van der Waals surface area contributed by atoms with E-state index >= 15 is 0 Å². The molecule has 3 unspecified atom stereocenters. The molecule has 0 aromatic heterocycles. The van der Waals surface area contributed by atoms with Crippen LogP contribution in [0.5, 0.6) is 0 Å². The Morgan fingerprint density at radius 2 is 2.20 bits per heavy atom. The Balaban J connectivity index is 0.00000200. The van der Waals surface area contributed by atoms with Crippen LogP contribution < -0.4 is 11.1 Å². The van der Waals surface area contributed by atoms with Crippen molar-refractivity contribution in [3.8, 4) is 0 Å². The Morgan fingerprint density at radius 3 is 2.70 bits per heavy atom. The second kappa shape index (κ2) is 7.59. The van der Waals surface area contributed by atoms with Gasteiger partial charge >= 0.3 is 0 Å². The Hall–Kier alpha value is -0.360. The first kappa shape index (κ1) is 17.7. The number of hydrogen-bond acceptors (Lipinski definition) is 4. The summed E-state index contributed by atoms with van der Waals surface area (Å²) in [5.41, 5.74) is 5.52. The van der Waals surface area contributed by atoms with Crippen molar-refractivity contribution in [1.29, 1.82) is 0 Å². The van der Waals surface area contributed by atoms with Crippen molar-refractivity contribution < 1.29 is 14.3 Å². The van der Waals surface area contributed by atoms with E-state index in [1.807, 2.05) is 6.92 Å². The van der Waals surface area contributed by atoms with Gasteiger partial charge in [-0.15, -0.1) is 12.4 Å². The molecule has 0 aromatic carbocycles. The third-order valence-electron chi connectivity index (χ3n) is 4.24. The van der Waals surface area contributed by atoms with Crippen LogP contribution in [0.1, 0.15) is 39.5 Å². The van der Waals surface area contributed by atoms with E-state index in [4.69, 9.17) is 15.2 Å². The van der Waals surface area contributed by atoms with Crippen molar-refractivity contribution in [2.75, 3.05) is 19.8 Å². The first-order chi connectivity index (χ1) is 9.05. The molecule has 0 spiro atoms. The predicted octanol–water partition coefficient (Wildman–Crippen LogP) is 1.24. The van der Waals surface area contributed by atoms with Gasteiger partial charge in [0.05, 0.1) is 18.2 Å². The highest BCUT2D eigenvalue weighted by atomic mass is 35.5. The van der Waals surface area contributed by atoms with Crippen LogP contribution >= 0.6 is 12.4 Å². The van der Waals surface area contributed by atoms with E-state index in [0.29, 0.717) is 19.1 Å². The number of rotatable bonds is 7. The van der Waals surface area contributed by atoms with Crippen LogP contribution in [-0.2, 0) is 14.3 Å². The van der Waals surface area contributed by atoms with Crippen LogP contribution in [0.25, 0.3) is 0 Å². The molecule has 5 nitrogen and oxygen atoms in total. The van der Waals surface area contributed by atoms with Crippen LogP contribution in [0.15, 0.2) is 0 Å². The Labute approximate surface area is 127 Å². The van der Waals surface area contributed by atoms with Crippen molar-refractivity contribution >= 4 is 18.3 Å². The summed E-state index contributed by atoms with van der Waals surface area (Å²) in [6.07, 6.45) is 4.12. The van der Waals surface area contributed by atoms with Gasteiger partial charge in [-0.2, -0.15) is 0 Å². The maximum absolute atomic E-state index is 12.1. The number of hydrogen-bond donors (Lipinski definition) is 2. The van der Waals surface area contributed by atoms with Gasteiger partial charge in [0.1, 0.15) is 6.10 Å². The van der Waals surface area contributed by atoms with Crippen molar-refractivity contribution in [3.63, 3.8) is 0 Å². The maximum Gasteiger partial charge on any atom is 0.249 e. The van der Waals surface area contributed by atoms with Gasteiger partial charge in [0.2, 0.25) is 5.91 Å². The van der Waals surface area contributed by atoms with E-state index in [1.165, 1.54) is 0 Å². The molecule has 2 rings (SSSR count). The van der Waals surface area contributed by atoms with Crippen LogP contribution in [-0.4, -0.2) is 43.4 Å². The molecule has 1 saturated heterocycles. The van der Waals surface area contributed by atoms with E-state index in [-0.39, 0.29) is 30.0 Å². The van der Waals surface area contributed by atoms with Gasteiger partial charge in [-0.3, -0.25) is 4.79 Å². The molecule has 118 valence electrons. The molecule has 2 fully saturated rings. The van der Waals surface area contributed by atoms with Gasteiger partial charge in [0.15, 0.2) is 0 Å². The average molecular weight is 307 g/mol. The zero-order chi connectivity index (χ0) is 13.9. The smallest absolute Gasteiger partial charge is 0.249 e. The summed E-state index contributed by atoms with van der Waals surface area (Å²) in [5, 5.41) is 3.05. The van der Waals surface area contributed by atoms with Crippen LogP contribution in [0.4, 0.5) is 0 Å². The first-order valence-electron chi connectivity index (χ1n) is 7.30. The van der Waals surface area contributed by atoms with Gasteiger partial charge in [-0.25, -0.2) is 0 Å². The lowest BCUT2D eigenvalue weighted by atomic mass is 9.95. The van der Waals surface area contributed by atoms with E-state index in [1.54, 1.807) is 6.92 Å². The van der Waals surface area contributed by atoms with Crippen molar-refractivity contribution in [2.24, 2.45) is 11.7 Å². The number of amides is 1. The number of nitrogens with one attached hydrogen (secondary N) is 1.